The Balaban J connectivity index is 2.18. The van der Waals surface area contributed by atoms with Crippen LogP contribution in [0.1, 0.15) is 28.3 Å². The van der Waals surface area contributed by atoms with Gasteiger partial charge < -0.3 is 10.5 Å². The Kier molecular flexibility index (Phi) is 4.40. The SMILES string of the molecule is COc1ccc(CC(N)c2ccc(C)cc2C)cc1F. The van der Waals surface area contributed by atoms with Crippen LogP contribution in [0.3, 0.4) is 0 Å². The van der Waals surface area contributed by atoms with E-state index >= 15 is 0 Å². The summed E-state index contributed by atoms with van der Waals surface area (Å²) in [6, 6.07) is 11.1. The van der Waals surface area contributed by atoms with Crippen molar-refractivity contribution in [1.29, 1.82) is 0 Å². The molecule has 2 aromatic carbocycles. The van der Waals surface area contributed by atoms with E-state index < -0.39 is 0 Å². The van der Waals surface area contributed by atoms with E-state index in [1.165, 1.54) is 24.3 Å². The summed E-state index contributed by atoms with van der Waals surface area (Å²) in [6.07, 6.45) is 0.602. The number of aryl methyl sites for hydroxylation is 2. The maximum atomic E-state index is 13.7. The summed E-state index contributed by atoms with van der Waals surface area (Å²) in [5.41, 5.74) is 10.6. The number of nitrogens with two attached hydrogens (primary N) is 1. The maximum Gasteiger partial charge on any atom is 0.165 e. The Bertz CT molecular complexity index is 610. The zero-order valence-corrected chi connectivity index (χ0v) is 12.1. The number of benzene rings is 2. The molecule has 0 aliphatic rings. The summed E-state index contributed by atoms with van der Waals surface area (Å²) in [5, 5.41) is 0. The molecule has 2 aromatic rings. The minimum Gasteiger partial charge on any atom is -0.494 e. The number of hydrogen-bond acceptors (Lipinski definition) is 2. The van der Waals surface area contributed by atoms with Crippen molar-refractivity contribution in [2.75, 3.05) is 7.11 Å². The molecular weight excluding hydrogens is 253 g/mol. The molecule has 0 amide bonds. The standard InChI is InChI=1S/C17H20FNO/c1-11-4-6-14(12(2)8-11)16(19)10-13-5-7-17(20-3)15(18)9-13/h4-9,16H,10,19H2,1-3H3. The first-order valence-corrected chi connectivity index (χ1v) is 6.66. The van der Waals surface area contributed by atoms with Gasteiger partial charge in [-0.05, 0) is 49.1 Å². The minimum absolute atomic E-state index is 0.136. The van der Waals surface area contributed by atoms with Crippen molar-refractivity contribution in [3.05, 3.63) is 64.5 Å². The number of methoxy groups -OCH3 is 1. The first kappa shape index (κ1) is 14.5. The zero-order chi connectivity index (χ0) is 14.7. The second-order valence-corrected chi connectivity index (χ2v) is 5.14. The van der Waals surface area contributed by atoms with Crippen LogP contribution >= 0.6 is 0 Å². The van der Waals surface area contributed by atoms with Gasteiger partial charge in [0.25, 0.3) is 0 Å². The summed E-state index contributed by atoms with van der Waals surface area (Å²) in [7, 11) is 1.46. The first-order valence-electron chi connectivity index (χ1n) is 6.66. The van der Waals surface area contributed by atoms with Gasteiger partial charge in [-0.2, -0.15) is 0 Å². The van der Waals surface area contributed by atoms with E-state index in [0.717, 1.165) is 11.1 Å². The molecule has 20 heavy (non-hydrogen) atoms. The molecule has 2 rings (SSSR count). The van der Waals surface area contributed by atoms with Gasteiger partial charge in [0, 0.05) is 6.04 Å². The Labute approximate surface area is 119 Å². The quantitative estimate of drug-likeness (QED) is 0.922. The van der Waals surface area contributed by atoms with Gasteiger partial charge in [-0.25, -0.2) is 4.39 Å². The van der Waals surface area contributed by atoms with Crippen LogP contribution in [0.2, 0.25) is 0 Å². The van der Waals surface area contributed by atoms with E-state index in [1.54, 1.807) is 6.07 Å². The summed E-state index contributed by atoms with van der Waals surface area (Å²) in [4.78, 5) is 0. The molecule has 0 fully saturated rings. The highest BCUT2D eigenvalue weighted by Crippen LogP contribution is 2.23. The molecule has 2 nitrogen and oxygen atoms in total. The summed E-state index contributed by atoms with van der Waals surface area (Å²) < 4.78 is 18.6. The molecule has 3 heteroatoms. The Morgan fingerprint density at radius 1 is 1.15 bits per heavy atom. The molecule has 106 valence electrons. The van der Waals surface area contributed by atoms with Gasteiger partial charge in [-0.1, -0.05) is 29.8 Å². The Morgan fingerprint density at radius 3 is 2.50 bits per heavy atom. The van der Waals surface area contributed by atoms with Crippen LogP contribution in [0, 0.1) is 19.7 Å². The smallest absolute Gasteiger partial charge is 0.165 e. The van der Waals surface area contributed by atoms with E-state index in [1.807, 2.05) is 6.07 Å². The third-order valence-electron chi connectivity index (χ3n) is 3.50. The molecule has 0 aromatic heterocycles. The number of ether oxygens (including phenoxy) is 1. The molecule has 0 spiro atoms. The molecule has 0 saturated heterocycles. The van der Waals surface area contributed by atoms with E-state index in [9.17, 15) is 4.39 Å². The predicted molar refractivity (Wildman–Crippen MR) is 79.5 cm³/mol. The summed E-state index contributed by atoms with van der Waals surface area (Å²) >= 11 is 0. The van der Waals surface area contributed by atoms with E-state index in [4.69, 9.17) is 10.5 Å². The number of halogens is 1. The van der Waals surface area contributed by atoms with Crippen molar-refractivity contribution in [2.45, 2.75) is 26.3 Å². The molecule has 2 N–H and O–H groups in total. The van der Waals surface area contributed by atoms with E-state index in [-0.39, 0.29) is 17.6 Å². The molecule has 0 bridgehead atoms. The molecule has 0 radical (unpaired) electrons. The van der Waals surface area contributed by atoms with Gasteiger partial charge in [-0.15, -0.1) is 0 Å². The van der Waals surface area contributed by atoms with Crippen molar-refractivity contribution in [1.82, 2.24) is 0 Å². The van der Waals surface area contributed by atoms with Gasteiger partial charge in [-0.3, -0.25) is 0 Å². The lowest BCUT2D eigenvalue weighted by Crippen LogP contribution is -2.15. The molecule has 1 unspecified atom stereocenters. The molecule has 0 aliphatic carbocycles. The zero-order valence-electron chi connectivity index (χ0n) is 12.1. The fourth-order valence-electron chi connectivity index (χ4n) is 2.44. The van der Waals surface area contributed by atoms with Crippen molar-refractivity contribution >= 4 is 0 Å². The van der Waals surface area contributed by atoms with Crippen molar-refractivity contribution in [3.8, 4) is 5.75 Å². The van der Waals surface area contributed by atoms with Crippen LogP contribution < -0.4 is 10.5 Å². The lowest BCUT2D eigenvalue weighted by Gasteiger charge is -2.16. The van der Waals surface area contributed by atoms with Crippen molar-refractivity contribution in [2.24, 2.45) is 5.73 Å². The van der Waals surface area contributed by atoms with Crippen LogP contribution in [0.25, 0.3) is 0 Å². The largest absolute Gasteiger partial charge is 0.494 e. The van der Waals surface area contributed by atoms with Crippen molar-refractivity contribution < 1.29 is 9.13 Å². The number of hydrogen-bond donors (Lipinski definition) is 1. The molecule has 0 aliphatic heterocycles. The monoisotopic (exact) mass is 273 g/mol. The summed E-state index contributed by atoms with van der Waals surface area (Å²) in [5.74, 6) is -0.0911. The average Bonchev–Trinajstić information content (AvgIpc) is 2.38. The topological polar surface area (TPSA) is 35.2 Å². The fourth-order valence-corrected chi connectivity index (χ4v) is 2.44. The number of rotatable bonds is 4. The molecular formula is C17H20FNO. The lowest BCUT2D eigenvalue weighted by atomic mass is 9.95. The van der Waals surface area contributed by atoms with E-state index in [2.05, 4.69) is 32.0 Å². The highest BCUT2D eigenvalue weighted by atomic mass is 19.1. The van der Waals surface area contributed by atoms with Crippen LogP contribution in [-0.4, -0.2) is 7.11 Å². The van der Waals surface area contributed by atoms with Crippen molar-refractivity contribution in [3.63, 3.8) is 0 Å². The first-order chi connectivity index (χ1) is 9.51. The van der Waals surface area contributed by atoms with Gasteiger partial charge >= 0.3 is 0 Å². The van der Waals surface area contributed by atoms with E-state index in [0.29, 0.717) is 6.42 Å². The molecule has 1 atom stereocenters. The molecule has 0 saturated carbocycles. The van der Waals surface area contributed by atoms with Crippen LogP contribution in [0.5, 0.6) is 5.75 Å². The van der Waals surface area contributed by atoms with Crippen LogP contribution in [0.4, 0.5) is 4.39 Å². The maximum absolute atomic E-state index is 13.7. The second kappa shape index (κ2) is 6.06. The minimum atomic E-state index is -0.349. The third kappa shape index (κ3) is 3.17. The molecule has 0 heterocycles. The highest BCUT2D eigenvalue weighted by Gasteiger charge is 2.11. The highest BCUT2D eigenvalue weighted by molar-refractivity contribution is 5.35. The van der Waals surface area contributed by atoms with Gasteiger partial charge in [0.05, 0.1) is 7.11 Å². The van der Waals surface area contributed by atoms with Gasteiger partial charge in [0.2, 0.25) is 0 Å². The normalized spacial score (nSPS) is 12.2. The lowest BCUT2D eigenvalue weighted by molar-refractivity contribution is 0.386. The Morgan fingerprint density at radius 2 is 1.90 bits per heavy atom. The summed E-state index contributed by atoms with van der Waals surface area (Å²) in [6.45, 7) is 4.11. The second-order valence-electron chi connectivity index (χ2n) is 5.14. The fraction of sp³-hybridized carbons (Fsp3) is 0.294. The van der Waals surface area contributed by atoms with Gasteiger partial charge in [0.15, 0.2) is 11.6 Å². The third-order valence-corrected chi connectivity index (χ3v) is 3.50. The van der Waals surface area contributed by atoms with Crippen LogP contribution in [0.15, 0.2) is 36.4 Å². The Hall–Kier alpha value is -1.87. The van der Waals surface area contributed by atoms with Gasteiger partial charge in [0.1, 0.15) is 0 Å². The van der Waals surface area contributed by atoms with Crippen LogP contribution in [-0.2, 0) is 6.42 Å². The average molecular weight is 273 g/mol. The predicted octanol–water partition coefficient (Wildman–Crippen LogP) is 3.69.